The van der Waals surface area contributed by atoms with E-state index in [1.165, 1.54) is 17.0 Å². The Labute approximate surface area is 182 Å². The summed E-state index contributed by atoms with van der Waals surface area (Å²) in [5, 5.41) is 0. The Kier molecular flexibility index (Phi) is 5.81. The number of rotatable bonds is 5. The van der Waals surface area contributed by atoms with Gasteiger partial charge in [-0.25, -0.2) is 4.39 Å². The Morgan fingerprint density at radius 3 is 2.13 bits per heavy atom. The lowest BCUT2D eigenvalue weighted by Gasteiger charge is -2.37. The normalized spacial score (nSPS) is 21.8. The highest BCUT2D eigenvalue weighted by Gasteiger charge is 2.42. The Morgan fingerprint density at radius 2 is 1.55 bits per heavy atom. The first-order valence-corrected chi connectivity index (χ1v) is 10.6. The Balaban J connectivity index is 1.73. The average molecular weight is 423 g/mol. The van der Waals surface area contributed by atoms with Gasteiger partial charge in [0.2, 0.25) is 0 Å². The van der Waals surface area contributed by atoms with Crippen LogP contribution in [0.25, 0.3) is 5.57 Å². The Bertz CT molecular complexity index is 1000. The van der Waals surface area contributed by atoms with E-state index < -0.39 is 0 Å². The number of hydrogen-bond donors (Lipinski definition) is 0. The first-order chi connectivity index (χ1) is 14.9. The van der Waals surface area contributed by atoms with Gasteiger partial charge in [-0.05, 0) is 53.6 Å². The molecule has 2 aliphatic rings. The molecule has 2 unspecified atom stereocenters. The van der Waals surface area contributed by atoms with Crippen LogP contribution in [0.3, 0.4) is 0 Å². The number of halogens is 1. The molecular formula is C25H27FN2O3. The summed E-state index contributed by atoms with van der Waals surface area (Å²) in [7, 11) is 1.59. The predicted octanol–water partition coefficient (Wildman–Crippen LogP) is 4.09. The van der Waals surface area contributed by atoms with Crippen LogP contribution < -0.4 is 4.74 Å². The van der Waals surface area contributed by atoms with Crippen LogP contribution in [-0.4, -0.2) is 41.8 Å². The smallest absolute Gasteiger partial charge is 0.278 e. The summed E-state index contributed by atoms with van der Waals surface area (Å²) < 4.78 is 18.5. The number of amides is 2. The quantitative estimate of drug-likeness (QED) is 0.681. The molecule has 0 N–H and O–H groups in total. The number of carbonyl (C=O) groups is 2. The van der Waals surface area contributed by atoms with Crippen molar-refractivity contribution < 1.29 is 18.7 Å². The zero-order valence-corrected chi connectivity index (χ0v) is 18.1. The zero-order valence-electron chi connectivity index (χ0n) is 18.1. The molecule has 0 aliphatic carbocycles. The number of imide groups is 1. The van der Waals surface area contributed by atoms with E-state index in [0.717, 1.165) is 19.5 Å². The lowest BCUT2D eigenvalue weighted by atomic mass is 9.91. The largest absolute Gasteiger partial charge is 0.497 e. The molecule has 6 heteroatoms. The lowest BCUT2D eigenvalue weighted by Crippen LogP contribution is -2.41. The molecule has 2 aromatic carbocycles. The summed E-state index contributed by atoms with van der Waals surface area (Å²) in [6.07, 6.45) is 1.10. The first kappa shape index (κ1) is 21.1. The molecule has 2 amide bonds. The number of likely N-dealkylation sites (tertiary alicyclic amines) is 1. The van der Waals surface area contributed by atoms with Gasteiger partial charge < -0.3 is 9.64 Å². The van der Waals surface area contributed by atoms with E-state index in [1.807, 2.05) is 12.1 Å². The highest BCUT2D eigenvalue weighted by Crippen LogP contribution is 2.36. The number of methoxy groups -OCH3 is 1. The van der Waals surface area contributed by atoms with E-state index in [4.69, 9.17) is 4.74 Å². The van der Waals surface area contributed by atoms with Crippen LogP contribution in [0.15, 0.2) is 54.2 Å². The van der Waals surface area contributed by atoms with Gasteiger partial charge in [-0.2, -0.15) is 0 Å². The van der Waals surface area contributed by atoms with E-state index in [-0.39, 0.29) is 24.2 Å². The summed E-state index contributed by atoms with van der Waals surface area (Å²) in [5.41, 5.74) is 2.30. The lowest BCUT2D eigenvalue weighted by molar-refractivity contribution is -0.138. The monoisotopic (exact) mass is 422 g/mol. The third-order valence-corrected chi connectivity index (χ3v) is 5.96. The molecule has 0 spiro atoms. The van der Waals surface area contributed by atoms with E-state index >= 15 is 0 Å². The molecule has 4 rings (SSSR count). The molecule has 1 fully saturated rings. The maximum atomic E-state index is 13.5. The summed E-state index contributed by atoms with van der Waals surface area (Å²) in [6.45, 7) is 5.94. The molecule has 2 heterocycles. The fraction of sp³-hybridized carbons (Fsp3) is 0.360. The van der Waals surface area contributed by atoms with Crippen LogP contribution in [0.2, 0.25) is 0 Å². The Hall–Kier alpha value is -3.15. The van der Waals surface area contributed by atoms with Crippen LogP contribution >= 0.6 is 0 Å². The minimum Gasteiger partial charge on any atom is -0.497 e. The molecule has 0 saturated carbocycles. The third-order valence-electron chi connectivity index (χ3n) is 5.96. The van der Waals surface area contributed by atoms with Gasteiger partial charge in [0.05, 0.1) is 19.2 Å². The molecule has 0 aromatic heterocycles. The van der Waals surface area contributed by atoms with E-state index in [9.17, 15) is 14.0 Å². The topological polar surface area (TPSA) is 49.9 Å². The van der Waals surface area contributed by atoms with Crippen molar-refractivity contribution in [3.8, 4) is 5.75 Å². The number of benzene rings is 2. The molecule has 0 radical (unpaired) electrons. The fourth-order valence-corrected chi connectivity index (χ4v) is 4.64. The van der Waals surface area contributed by atoms with Crippen molar-refractivity contribution in [1.29, 1.82) is 0 Å². The second-order valence-corrected chi connectivity index (χ2v) is 8.63. The maximum absolute atomic E-state index is 13.5. The number of ether oxygens (including phenoxy) is 1. The van der Waals surface area contributed by atoms with Gasteiger partial charge in [0.15, 0.2) is 0 Å². The van der Waals surface area contributed by atoms with Gasteiger partial charge in [0.1, 0.15) is 17.3 Å². The summed E-state index contributed by atoms with van der Waals surface area (Å²) in [4.78, 5) is 30.3. The minimum atomic E-state index is -0.350. The highest BCUT2D eigenvalue weighted by atomic mass is 19.1. The molecule has 162 valence electrons. The molecule has 2 aromatic rings. The van der Waals surface area contributed by atoms with Crippen molar-refractivity contribution >= 4 is 17.4 Å². The van der Waals surface area contributed by atoms with Crippen molar-refractivity contribution in [3.63, 3.8) is 0 Å². The van der Waals surface area contributed by atoms with Crippen LogP contribution in [0, 0.1) is 17.7 Å². The summed E-state index contributed by atoms with van der Waals surface area (Å²) in [6, 6.07) is 13.1. The van der Waals surface area contributed by atoms with Gasteiger partial charge in [-0.3, -0.25) is 14.5 Å². The molecule has 31 heavy (non-hydrogen) atoms. The second kappa shape index (κ2) is 8.53. The predicted molar refractivity (Wildman–Crippen MR) is 116 cm³/mol. The number of piperidine rings is 1. The summed E-state index contributed by atoms with van der Waals surface area (Å²) >= 11 is 0. The molecule has 5 nitrogen and oxygen atoms in total. The van der Waals surface area contributed by atoms with E-state index in [1.54, 1.807) is 31.4 Å². The van der Waals surface area contributed by atoms with Gasteiger partial charge >= 0.3 is 0 Å². The molecule has 0 bridgehead atoms. The fourth-order valence-electron chi connectivity index (χ4n) is 4.64. The van der Waals surface area contributed by atoms with Gasteiger partial charge in [-0.15, -0.1) is 0 Å². The number of carbonyl (C=O) groups excluding carboxylic acids is 2. The maximum Gasteiger partial charge on any atom is 0.278 e. The Morgan fingerprint density at radius 1 is 0.935 bits per heavy atom. The standard InChI is InChI=1S/C25H27FN2O3/c1-16-12-17(2)14-27(13-16)23-22(19-6-10-21(31-3)11-7-19)24(29)28(25(23)30)15-18-4-8-20(26)9-5-18/h4-11,16-17H,12-15H2,1-3H3. The van der Waals surface area contributed by atoms with Crippen LogP contribution in [0.1, 0.15) is 31.4 Å². The number of hydrogen-bond acceptors (Lipinski definition) is 4. The zero-order chi connectivity index (χ0) is 22.1. The van der Waals surface area contributed by atoms with Crippen molar-refractivity contribution in [2.45, 2.75) is 26.8 Å². The minimum absolute atomic E-state index is 0.111. The molecule has 2 atom stereocenters. The van der Waals surface area contributed by atoms with Crippen LogP contribution in [-0.2, 0) is 16.1 Å². The van der Waals surface area contributed by atoms with Gasteiger partial charge in [-0.1, -0.05) is 38.1 Å². The molecule has 1 saturated heterocycles. The number of nitrogens with zero attached hydrogens (tertiary/aromatic N) is 2. The average Bonchev–Trinajstić information content (AvgIpc) is 2.99. The van der Waals surface area contributed by atoms with Gasteiger partial charge in [0.25, 0.3) is 11.8 Å². The van der Waals surface area contributed by atoms with Crippen molar-refractivity contribution in [1.82, 2.24) is 9.80 Å². The highest BCUT2D eigenvalue weighted by molar-refractivity contribution is 6.35. The molecular weight excluding hydrogens is 395 g/mol. The van der Waals surface area contributed by atoms with Crippen molar-refractivity contribution in [2.75, 3.05) is 20.2 Å². The third kappa shape index (κ3) is 4.20. The van der Waals surface area contributed by atoms with Crippen LogP contribution in [0.4, 0.5) is 4.39 Å². The SMILES string of the molecule is COc1ccc(C2=C(N3CC(C)CC(C)C3)C(=O)N(Cc3ccc(F)cc3)C2=O)cc1. The first-order valence-electron chi connectivity index (χ1n) is 10.6. The summed E-state index contributed by atoms with van der Waals surface area (Å²) in [5.74, 6) is 0.592. The van der Waals surface area contributed by atoms with Crippen molar-refractivity contribution in [2.24, 2.45) is 11.8 Å². The van der Waals surface area contributed by atoms with Gasteiger partial charge in [0, 0.05) is 13.1 Å². The van der Waals surface area contributed by atoms with E-state index in [0.29, 0.717) is 40.0 Å². The van der Waals surface area contributed by atoms with Crippen LogP contribution in [0.5, 0.6) is 5.75 Å². The van der Waals surface area contributed by atoms with Crippen molar-refractivity contribution in [3.05, 3.63) is 71.2 Å². The second-order valence-electron chi connectivity index (χ2n) is 8.63. The van der Waals surface area contributed by atoms with E-state index in [2.05, 4.69) is 18.7 Å². The molecule has 2 aliphatic heterocycles.